The maximum absolute atomic E-state index is 2.41. The van der Waals surface area contributed by atoms with Crippen LogP contribution in [0.5, 0.6) is 0 Å². The van der Waals surface area contributed by atoms with Crippen molar-refractivity contribution in [1.29, 1.82) is 0 Å². The van der Waals surface area contributed by atoms with Crippen LogP contribution in [0.2, 0.25) is 0 Å². The number of anilines is 3. The molecule has 0 aliphatic heterocycles. The molecular weight excluding hydrogens is 498 g/mol. The largest absolute Gasteiger partial charge is 0.311 e. The molecule has 3 heteroatoms. The van der Waals surface area contributed by atoms with Crippen LogP contribution in [0, 0.1) is 0 Å². The second-order valence-corrected chi connectivity index (χ2v) is 10.3. The van der Waals surface area contributed by atoms with E-state index < -0.39 is 0 Å². The van der Waals surface area contributed by atoms with E-state index >= 15 is 0 Å². The van der Waals surface area contributed by atoms with Gasteiger partial charge in [0, 0.05) is 44.6 Å². The van der Waals surface area contributed by atoms with Crippen LogP contribution in [0.1, 0.15) is 0 Å². The Morgan fingerprint density at radius 2 is 0.732 bits per heavy atom. The van der Waals surface area contributed by atoms with Crippen molar-refractivity contribution >= 4 is 49.9 Å². The van der Waals surface area contributed by atoms with Crippen LogP contribution >= 0.6 is 0 Å². The smallest absolute Gasteiger partial charge is 0.131 e. The van der Waals surface area contributed by atoms with Crippen molar-refractivity contribution in [2.75, 3.05) is 4.90 Å². The molecule has 8 aromatic rings. The van der Waals surface area contributed by atoms with Gasteiger partial charge < -0.3 is 4.90 Å². The Balaban J connectivity index is 1.38. The van der Waals surface area contributed by atoms with Crippen LogP contribution in [-0.2, 0) is 0 Å². The predicted octanol–water partition coefficient (Wildman–Crippen LogP) is 10.2. The van der Waals surface area contributed by atoms with E-state index in [1.807, 2.05) is 0 Å². The second-order valence-electron chi connectivity index (χ2n) is 10.3. The first-order chi connectivity index (χ1) is 20.4. The number of hydrogen-bond acceptors (Lipinski definition) is 1. The molecule has 0 unspecified atom stereocenters. The summed E-state index contributed by atoms with van der Waals surface area (Å²) in [5.41, 5.74) is 9.23. The Kier molecular flexibility index (Phi) is 5.46. The van der Waals surface area contributed by atoms with Crippen LogP contribution in [0.3, 0.4) is 0 Å². The van der Waals surface area contributed by atoms with Gasteiger partial charge in [0.2, 0.25) is 0 Å². The van der Waals surface area contributed by atoms with Gasteiger partial charge in [-0.1, -0.05) is 91.0 Å². The molecule has 8 rings (SSSR count). The molecule has 0 N–H and O–H groups in total. The summed E-state index contributed by atoms with van der Waals surface area (Å²) in [6, 6.07) is 58.2. The summed E-state index contributed by atoms with van der Waals surface area (Å²) in [5, 5.41) is 3.80. The van der Waals surface area contributed by atoms with Crippen molar-refractivity contribution in [2.45, 2.75) is 0 Å². The first kappa shape index (κ1) is 23.4. The molecule has 0 aliphatic carbocycles. The van der Waals surface area contributed by atoms with E-state index in [1.54, 1.807) is 0 Å². The fraction of sp³-hybridized carbons (Fsp3) is 0. The van der Waals surface area contributed by atoms with E-state index in [4.69, 9.17) is 0 Å². The summed E-state index contributed by atoms with van der Waals surface area (Å²) in [4.78, 5) is 2.30. The minimum Gasteiger partial charge on any atom is -0.311 e. The molecule has 2 heterocycles. The van der Waals surface area contributed by atoms with Crippen molar-refractivity contribution < 1.29 is 0 Å². The Morgan fingerprint density at radius 1 is 0.341 bits per heavy atom. The van der Waals surface area contributed by atoms with Crippen LogP contribution in [-0.4, -0.2) is 9.13 Å². The highest BCUT2D eigenvalue weighted by Gasteiger charge is 2.22. The molecule has 3 nitrogen and oxygen atoms in total. The lowest BCUT2D eigenvalue weighted by Gasteiger charge is -2.25. The Hall–Kier alpha value is -5.54. The summed E-state index contributed by atoms with van der Waals surface area (Å²) >= 11 is 0. The van der Waals surface area contributed by atoms with Crippen LogP contribution < -0.4 is 4.90 Å². The van der Waals surface area contributed by atoms with Gasteiger partial charge in [-0.2, -0.15) is 0 Å². The van der Waals surface area contributed by atoms with Gasteiger partial charge in [-0.25, -0.2) is 0 Å². The van der Waals surface area contributed by atoms with E-state index in [9.17, 15) is 0 Å². The third kappa shape index (κ3) is 3.75. The first-order valence-corrected chi connectivity index (χ1v) is 14.0. The van der Waals surface area contributed by atoms with Crippen molar-refractivity contribution in [3.05, 3.63) is 164 Å². The number of nitrogens with zero attached hydrogens (tertiary/aromatic N) is 3. The molecule has 41 heavy (non-hydrogen) atoms. The van der Waals surface area contributed by atoms with Crippen LogP contribution in [0.15, 0.2) is 164 Å². The lowest BCUT2D eigenvalue weighted by atomic mass is 10.1. The molecule has 0 amide bonds. The lowest BCUT2D eigenvalue weighted by molar-refractivity contribution is 1.07. The monoisotopic (exact) mass is 525 g/mol. The number of para-hydroxylation sites is 5. The number of fused-ring (bicyclic) bond motifs is 5. The Labute approximate surface area is 238 Å². The normalized spacial score (nSPS) is 11.4. The molecule has 0 saturated heterocycles. The molecule has 0 fully saturated rings. The van der Waals surface area contributed by atoms with E-state index in [0.29, 0.717) is 0 Å². The molecule has 6 aromatic carbocycles. The average molecular weight is 526 g/mol. The summed E-state index contributed by atoms with van der Waals surface area (Å²) in [6.45, 7) is 0. The standard InChI is InChI=1S/C38H27N3/c1-4-14-28(15-5-1)39(29-16-6-2-7-17-29)31-24-26-32(27-25-31)41-36-23-13-11-21-34(36)37-33-20-10-12-22-35(33)40(38(37)41)30-18-8-3-9-19-30/h1-27H. The molecular formula is C38H27N3. The number of rotatable bonds is 5. The van der Waals surface area contributed by atoms with Gasteiger partial charge in [-0.15, -0.1) is 0 Å². The minimum atomic E-state index is 1.11. The third-order valence-corrected chi connectivity index (χ3v) is 7.89. The SMILES string of the molecule is c1ccc(N(c2ccccc2)c2ccc(-n3c4ccccc4c4c5ccccc5n(-c5ccccc5)c43)cc2)cc1. The van der Waals surface area contributed by atoms with E-state index in [2.05, 4.69) is 178 Å². The van der Waals surface area contributed by atoms with Crippen LogP contribution in [0.4, 0.5) is 17.1 Å². The highest BCUT2D eigenvalue weighted by Crippen LogP contribution is 2.41. The van der Waals surface area contributed by atoms with E-state index in [-0.39, 0.29) is 0 Å². The van der Waals surface area contributed by atoms with Gasteiger partial charge in [-0.05, 0) is 72.8 Å². The fourth-order valence-corrected chi connectivity index (χ4v) is 6.15. The van der Waals surface area contributed by atoms with Crippen molar-refractivity contribution in [3.63, 3.8) is 0 Å². The predicted molar refractivity (Wildman–Crippen MR) is 172 cm³/mol. The summed E-state index contributed by atoms with van der Waals surface area (Å²) in [6.07, 6.45) is 0. The molecule has 0 bridgehead atoms. The summed E-state index contributed by atoms with van der Waals surface area (Å²) in [7, 11) is 0. The third-order valence-electron chi connectivity index (χ3n) is 7.89. The maximum Gasteiger partial charge on any atom is 0.131 e. The van der Waals surface area contributed by atoms with Crippen molar-refractivity contribution in [2.24, 2.45) is 0 Å². The number of aromatic nitrogens is 2. The summed E-state index contributed by atoms with van der Waals surface area (Å²) < 4.78 is 4.82. The van der Waals surface area contributed by atoms with Gasteiger partial charge >= 0.3 is 0 Å². The Bertz CT molecular complexity index is 2080. The zero-order chi connectivity index (χ0) is 27.2. The minimum absolute atomic E-state index is 1.11. The van der Waals surface area contributed by atoms with Crippen LogP contribution in [0.25, 0.3) is 44.2 Å². The van der Waals surface area contributed by atoms with Crippen molar-refractivity contribution in [1.82, 2.24) is 9.13 Å². The summed E-state index contributed by atoms with van der Waals surface area (Å²) in [5.74, 6) is 0. The quantitative estimate of drug-likeness (QED) is 0.218. The molecule has 0 aliphatic rings. The topological polar surface area (TPSA) is 13.1 Å². The highest BCUT2D eigenvalue weighted by molar-refractivity contribution is 6.22. The fourth-order valence-electron chi connectivity index (χ4n) is 6.15. The number of hydrogen-bond donors (Lipinski definition) is 0. The highest BCUT2D eigenvalue weighted by atomic mass is 15.2. The number of benzene rings is 6. The molecule has 0 spiro atoms. The molecule has 0 radical (unpaired) electrons. The Morgan fingerprint density at radius 3 is 1.24 bits per heavy atom. The molecule has 0 atom stereocenters. The molecule has 2 aromatic heterocycles. The average Bonchev–Trinajstić information content (AvgIpc) is 3.56. The zero-order valence-electron chi connectivity index (χ0n) is 22.4. The van der Waals surface area contributed by atoms with Gasteiger partial charge in [0.25, 0.3) is 0 Å². The zero-order valence-corrected chi connectivity index (χ0v) is 22.4. The van der Waals surface area contributed by atoms with Crippen molar-refractivity contribution in [3.8, 4) is 11.4 Å². The van der Waals surface area contributed by atoms with Gasteiger partial charge in [0.1, 0.15) is 5.65 Å². The van der Waals surface area contributed by atoms with Gasteiger partial charge in [0.05, 0.1) is 11.0 Å². The van der Waals surface area contributed by atoms with Gasteiger partial charge in [-0.3, -0.25) is 9.13 Å². The molecule has 194 valence electrons. The van der Waals surface area contributed by atoms with E-state index in [1.165, 1.54) is 32.8 Å². The molecule has 0 saturated carbocycles. The van der Waals surface area contributed by atoms with E-state index in [0.717, 1.165) is 28.4 Å². The van der Waals surface area contributed by atoms with Gasteiger partial charge in [0.15, 0.2) is 0 Å². The second kappa shape index (κ2) is 9.58. The maximum atomic E-state index is 2.41. The lowest BCUT2D eigenvalue weighted by Crippen LogP contribution is -2.10. The first-order valence-electron chi connectivity index (χ1n) is 14.0.